The highest BCUT2D eigenvalue weighted by Gasteiger charge is 2.27. The Morgan fingerprint density at radius 2 is 1.46 bits per heavy atom. The van der Waals surface area contributed by atoms with E-state index in [1.165, 1.54) is 18.7 Å². The standard InChI is InChI=1S/C26H30N4O5/c1-15(2)17-6-10-19(11-7-17)27-26(33)28-20-12-8-18(9-13-20)21-14-22(35-30-21)24(31)29-23(16(3)4)25(32)34-5/h6-16,23H,1-5H3,(H,29,31)(H2,27,28,33)/t23-/m0/s1. The molecule has 0 unspecified atom stereocenters. The Hall–Kier alpha value is -4.14. The minimum Gasteiger partial charge on any atom is -0.467 e. The van der Waals surface area contributed by atoms with Gasteiger partial charge in [-0.1, -0.05) is 57.1 Å². The SMILES string of the molecule is COC(=O)[C@@H](NC(=O)c1cc(-c2ccc(NC(=O)Nc3ccc(C(C)C)cc3)cc2)no1)C(C)C. The van der Waals surface area contributed by atoms with Crippen LogP contribution in [-0.4, -0.2) is 36.2 Å². The zero-order valence-electron chi connectivity index (χ0n) is 20.4. The Labute approximate surface area is 204 Å². The molecular weight excluding hydrogens is 448 g/mol. The van der Waals surface area contributed by atoms with Gasteiger partial charge in [0.05, 0.1) is 7.11 Å². The lowest BCUT2D eigenvalue weighted by Gasteiger charge is -2.18. The van der Waals surface area contributed by atoms with E-state index >= 15 is 0 Å². The third kappa shape index (κ3) is 6.69. The number of esters is 1. The summed E-state index contributed by atoms with van der Waals surface area (Å²) in [5.41, 5.74) is 3.61. The van der Waals surface area contributed by atoms with E-state index in [2.05, 4.69) is 35.0 Å². The van der Waals surface area contributed by atoms with Gasteiger partial charge in [0.1, 0.15) is 11.7 Å². The van der Waals surface area contributed by atoms with Gasteiger partial charge in [-0.2, -0.15) is 0 Å². The molecule has 0 fully saturated rings. The maximum absolute atomic E-state index is 12.5. The number of hydrogen-bond acceptors (Lipinski definition) is 6. The number of anilines is 2. The van der Waals surface area contributed by atoms with Crippen LogP contribution >= 0.6 is 0 Å². The van der Waals surface area contributed by atoms with Gasteiger partial charge in [-0.15, -0.1) is 0 Å². The summed E-state index contributed by atoms with van der Waals surface area (Å²) in [6, 6.07) is 15.0. The number of carbonyl (C=O) groups excluding carboxylic acids is 3. The molecule has 1 atom stereocenters. The first-order valence-corrected chi connectivity index (χ1v) is 11.3. The number of ether oxygens (including phenoxy) is 1. The minimum atomic E-state index is -0.800. The number of urea groups is 1. The number of aromatic nitrogens is 1. The quantitative estimate of drug-likeness (QED) is 0.390. The predicted octanol–water partition coefficient (Wildman–Crippen LogP) is 5.04. The van der Waals surface area contributed by atoms with Gasteiger partial charge in [0.25, 0.3) is 5.91 Å². The van der Waals surface area contributed by atoms with Crippen LogP contribution in [0.2, 0.25) is 0 Å². The molecule has 0 radical (unpaired) electrons. The number of methoxy groups -OCH3 is 1. The Bertz CT molecular complexity index is 1170. The molecule has 2 aromatic carbocycles. The van der Waals surface area contributed by atoms with Crippen LogP contribution in [0, 0.1) is 5.92 Å². The minimum absolute atomic E-state index is 0.0281. The van der Waals surface area contributed by atoms with Gasteiger partial charge in [0, 0.05) is 23.0 Å². The summed E-state index contributed by atoms with van der Waals surface area (Å²) in [5, 5.41) is 12.1. The lowest BCUT2D eigenvalue weighted by Crippen LogP contribution is -2.44. The smallest absolute Gasteiger partial charge is 0.328 e. The fraction of sp³-hybridized carbons (Fsp3) is 0.308. The van der Waals surface area contributed by atoms with Crippen LogP contribution in [0.3, 0.4) is 0 Å². The van der Waals surface area contributed by atoms with E-state index < -0.39 is 17.9 Å². The van der Waals surface area contributed by atoms with Crippen LogP contribution in [0.25, 0.3) is 11.3 Å². The highest BCUT2D eigenvalue weighted by Crippen LogP contribution is 2.22. The molecule has 1 heterocycles. The molecule has 3 N–H and O–H groups in total. The predicted molar refractivity (Wildman–Crippen MR) is 133 cm³/mol. The first-order chi connectivity index (χ1) is 16.7. The van der Waals surface area contributed by atoms with E-state index in [0.29, 0.717) is 28.6 Å². The fourth-order valence-corrected chi connectivity index (χ4v) is 3.32. The van der Waals surface area contributed by atoms with E-state index in [1.807, 2.05) is 24.3 Å². The number of carbonyl (C=O) groups is 3. The van der Waals surface area contributed by atoms with E-state index in [9.17, 15) is 14.4 Å². The number of nitrogens with zero attached hydrogens (tertiary/aromatic N) is 1. The average molecular weight is 479 g/mol. The Morgan fingerprint density at radius 3 is 1.97 bits per heavy atom. The summed E-state index contributed by atoms with van der Waals surface area (Å²) in [4.78, 5) is 36.7. The number of hydrogen-bond donors (Lipinski definition) is 3. The maximum Gasteiger partial charge on any atom is 0.328 e. The van der Waals surface area contributed by atoms with Crippen LogP contribution in [0.15, 0.2) is 59.1 Å². The molecule has 0 aliphatic heterocycles. The van der Waals surface area contributed by atoms with Crippen molar-refractivity contribution in [3.8, 4) is 11.3 Å². The van der Waals surface area contributed by atoms with Crippen molar-refractivity contribution in [2.75, 3.05) is 17.7 Å². The topological polar surface area (TPSA) is 123 Å². The van der Waals surface area contributed by atoms with Crippen LogP contribution in [0.4, 0.5) is 16.2 Å². The third-order valence-corrected chi connectivity index (χ3v) is 5.42. The zero-order chi connectivity index (χ0) is 25.5. The van der Waals surface area contributed by atoms with E-state index in [-0.39, 0.29) is 17.7 Å². The summed E-state index contributed by atoms with van der Waals surface area (Å²) < 4.78 is 9.90. The summed E-state index contributed by atoms with van der Waals surface area (Å²) in [6.07, 6.45) is 0. The second-order valence-corrected chi connectivity index (χ2v) is 8.73. The Morgan fingerprint density at radius 1 is 0.886 bits per heavy atom. The number of rotatable bonds is 8. The third-order valence-electron chi connectivity index (χ3n) is 5.42. The molecule has 0 aliphatic rings. The molecule has 0 aliphatic carbocycles. The molecule has 9 nitrogen and oxygen atoms in total. The van der Waals surface area contributed by atoms with Gasteiger partial charge in [-0.25, -0.2) is 9.59 Å². The summed E-state index contributed by atoms with van der Waals surface area (Å²) in [6.45, 7) is 7.82. The monoisotopic (exact) mass is 478 g/mol. The molecule has 0 bridgehead atoms. The van der Waals surface area contributed by atoms with Crippen LogP contribution in [-0.2, 0) is 9.53 Å². The number of benzene rings is 2. The first-order valence-electron chi connectivity index (χ1n) is 11.3. The van der Waals surface area contributed by atoms with Gasteiger partial charge in [0.2, 0.25) is 5.76 Å². The lowest BCUT2D eigenvalue weighted by atomic mass is 10.0. The van der Waals surface area contributed by atoms with E-state index in [4.69, 9.17) is 9.26 Å². The summed E-state index contributed by atoms with van der Waals surface area (Å²) >= 11 is 0. The van der Waals surface area contributed by atoms with Crippen molar-refractivity contribution in [3.63, 3.8) is 0 Å². The number of nitrogens with one attached hydrogen (secondary N) is 3. The van der Waals surface area contributed by atoms with Crippen molar-refractivity contribution in [2.24, 2.45) is 5.92 Å². The molecular formula is C26H30N4O5. The fourth-order valence-electron chi connectivity index (χ4n) is 3.32. The largest absolute Gasteiger partial charge is 0.467 e. The van der Waals surface area contributed by atoms with E-state index in [0.717, 1.165) is 0 Å². The molecule has 184 valence electrons. The molecule has 0 saturated heterocycles. The first kappa shape index (κ1) is 25.5. The average Bonchev–Trinajstić information content (AvgIpc) is 3.33. The summed E-state index contributed by atoms with van der Waals surface area (Å²) in [5.74, 6) is -0.870. The van der Waals surface area contributed by atoms with Crippen molar-refractivity contribution >= 4 is 29.3 Å². The summed E-state index contributed by atoms with van der Waals surface area (Å²) in [7, 11) is 1.27. The molecule has 0 spiro atoms. The molecule has 3 amide bonds. The van der Waals surface area contributed by atoms with Crippen molar-refractivity contribution in [1.82, 2.24) is 10.5 Å². The van der Waals surface area contributed by atoms with Gasteiger partial charge in [-0.05, 0) is 41.7 Å². The second-order valence-electron chi connectivity index (χ2n) is 8.73. The zero-order valence-corrected chi connectivity index (χ0v) is 20.4. The van der Waals surface area contributed by atoms with Crippen molar-refractivity contribution in [2.45, 2.75) is 39.7 Å². The lowest BCUT2D eigenvalue weighted by molar-refractivity contribution is -0.144. The van der Waals surface area contributed by atoms with Crippen molar-refractivity contribution in [3.05, 3.63) is 65.9 Å². The Kier molecular flexibility index (Phi) is 8.25. The molecule has 1 aromatic heterocycles. The normalized spacial score (nSPS) is 11.7. The maximum atomic E-state index is 12.5. The van der Waals surface area contributed by atoms with Gasteiger partial charge in [-0.3, -0.25) is 4.79 Å². The van der Waals surface area contributed by atoms with Crippen LogP contribution < -0.4 is 16.0 Å². The Balaban J connectivity index is 1.60. The molecule has 35 heavy (non-hydrogen) atoms. The van der Waals surface area contributed by atoms with Crippen LogP contribution in [0.1, 0.15) is 49.7 Å². The van der Waals surface area contributed by atoms with Gasteiger partial charge < -0.3 is 25.2 Å². The molecule has 3 aromatic rings. The van der Waals surface area contributed by atoms with E-state index in [1.54, 1.807) is 38.1 Å². The van der Waals surface area contributed by atoms with Crippen molar-refractivity contribution in [1.29, 1.82) is 0 Å². The number of amides is 3. The highest BCUT2D eigenvalue weighted by atomic mass is 16.5. The second kappa shape index (κ2) is 11.3. The molecule has 0 saturated carbocycles. The van der Waals surface area contributed by atoms with Gasteiger partial charge >= 0.3 is 12.0 Å². The molecule has 3 rings (SSSR count). The van der Waals surface area contributed by atoms with Crippen molar-refractivity contribution < 1.29 is 23.6 Å². The highest BCUT2D eigenvalue weighted by molar-refractivity contribution is 6.00. The molecule has 9 heteroatoms. The van der Waals surface area contributed by atoms with Crippen LogP contribution in [0.5, 0.6) is 0 Å². The van der Waals surface area contributed by atoms with Gasteiger partial charge in [0.15, 0.2) is 0 Å².